The molecule has 0 aromatic rings. The molecule has 0 aliphatic rings. The van der Waals surface area contributed by atoms with E-state index >= 15 is 0 Å². The Balaban J connectivity index is 4.09. The topological polar surface area (TPSA) is 26.3 Å². The molecule has 0 aromatic carbocycles. The maximum atomic E-state index is 11.1. The standard InChI is InChI=1S/C10H16O2/c1-5-7-8(3)9(4)10(11)12-6-2/h5,7-8H,4,6H2,1-3H3/b7-5+. The molecule has 0 radical (unpaired) electrons. The van der Waals surface area contributed by atoms with Gasteiger partial charge in [-0.25, -0.2) is 4.79 Å². The molecule has 0 saturated heterocycles. The predicted octanol–water partition coefficient (Wildman–Crippen LogP) is 2.32. The summed E-state index contributed by atoms with van der Waals surface area (Å²) in [5.41, 5.74) is 0.509. The van der Waals surface area contributed by atoms with Gasteiger partial charge in [0.2, 0.25) is 0 Å². The summed E-state index contributed by atoms with van der Waals surface area (Å²) in [5, 5.41) is 0. The summed E-state index contributed by atoms with van der Waals surface area (Å²) in [6.07, 6.45) is 3.81. The highest BCUT2D eigenvalue weighted by molar-refractivity contribution is 5.88. The van der Waals surface area contributed by atoms with E-state index in [0.29, 0.717) is 12.2 Å². The lowest BCUT2D eigenvalue weighted by molar-refractivity contribution is -0.138. The van der Waals surface area contributed by atoms with Gasteiger partial charge in [0.15, 0.2) is 0 Å². The van der Waals surface area contributed by atoms with Gasteiger partial charge in [-0.2, -0.15) is 0 Å². The van der Waals surface area contributed by atoms with Crippen molar-refractivity contribution in [2.24, 2.45) is 5.92 Å². The summed E-state index contributed by atoms with van der Waals surface area (Å²) in [4.78, 5) is 11.1. The molecule has 1 atom stereocenters. The van der Waals surface area contributed by atoms with Crippen molar-refractivity contribution in [3.8, 4) is 0 Å². The van der Waals surface area contributed by atoms with Gasteiger partial charge in [0.25, 0.3) is 0 Å². The molecule has 0 saturated carbocycles. The van der Waals surface area contributed by atoms with Crippen molar-refractivity contribution >= 4 is 5.97 Å². The quantitative estimate of drug-likeness (QED) is 0.366. The molecule has 0 spiro atoms. The van der Waals surface area contributed by atoms with Crippen LogP contribution in [-0.2, 0) is 9.53 Å². The van der Waals surface area contributed by atoms with E-state index < -0.39 is 0 Å². The van der Waals surface area contributed by atoms with Crippen LogP contribution in [0, 0.1) is 5.92 Å². The highest BCUT2D eigenvalue weighted by atomic mass is 16.5. The van der Waals surface area contributed by atoms with E-state index in [4.69, 9.17) is 4.74 Å². The monoisotopic (exact) mass is 168 g/mol. The average molecular weight is 168 g/mol. The number of allylic oxidation sites excluding steroid dienone is 2. The molecule has 0 aliphatic heterocycles. The fourth-order valence-electron chi connectivity index (χ4n) is 0.815. The lowest BCUT2D eigenvalue weighted by Gasteiger charge is -2.08. The Kier molecular flexibility index (Phi) is 5.09. The number of carbonyl (C=O) groups is 1. The van der Waals surface area contributed by atoms with Crippen LogP contribution in [0.5, 0.6) is 0 Å². The van der Waals surface area contributed by atoms with Crippen molar-refractivity contribution in [2.45, 2.75) is 20.8 Å². The van der Waals surface area contributed by atoms with E-state index in [1.54, 1.807) is 6.92 Å². The number of hydrogen-bond acceptors (Lipinski definition) is 2. The molecule has 0 rings (SSSR count). The summed E-state index contributed by atoms with van der Waals surface area (Å²) in [5.74, 6) is -0.239. The predicted molar refractivity (Wildman–Crippen MR) is 49.8 cm³/mol. The van der Waals surface area contributed by atoms with Crippen LogP contribution in [0.1, 0.15) is 20.8 Å². The number of esters is 1. The second-order valence-corrected chi connectivity index (χ2v) is 2.56. The Bertz CT molecular complexity index is 192. The van der Waals surface area contributed by atoms with Gasteiger partial charge in [-0.15, -0.1) is 0 Å². The Morgan fingerprint density at radius 2 is 2.25 bits per heavy atom. The van der Waals surface area contributed by atoms with Crippen LogP contribution in [0.4, 0.5) is 0 Å². The second-order valence-electron chi connectivity index (χ2n) is 2.56. The Morgan fingerprint density at radius 1 is 1.67 bits per heavy atom. The van der Waals surface area contributed by atoms with Crippen molar-refractivity contribution in [3.63, 3.8) is 0 Å². The second kappa shape index (κ2) is 5.58. The zero-order chi connectivity index (χ0) is 9.56. The maximum Gasteiger partial charge on any atom is 0.333 e. The van der Waals surface area contributed by atoms with Gasteiger partial charge in [-0.05, 0) is 13.8 Å². The van der Waals surface area contributed by atoms with Crippen LogP contribution >= 0.6 is 0 Å². The minimum atomic E-state index is -0.303. The molecule has 0 fully saturated rings. The molecule has 0 aliphatic carbocycles. The largest absolute Gasteiger partial charge is 0.463 e. The molecule has 2 heteroatoms. The van der Waals surface area contributed by atoms with Crippen LogP contribution in [0.25, 0.3) is 0 Å². The first-order valence-electron chi connectivity index (χ1n) is 4.12. The number of rotatable bonds is 4. The summed E-state index contributed by atoms with van der Waals surface area (Å²) >= 11 is 0. The summed E-state index contributed by atoms with van der Waals surface area (Å²) in [6.45, 7) is 9.68. The van der Waals surface area contributed by atoms with Gasteiger partial charge in [0.1, 0.15) is 0 Å². The van der Waals surface area contributed by atoms with Crippen LogP contribution in [0.2, 0.25) is 0 Å². The lowest BCUT2D eigenvalue weighted by atomic mass is 10.0. The van der Waals surface area contributed by atoms with Gasteiger partial charge in [-0.1, -0.05) is 25.7 Å². The van der Waals surface area contributed by atoms with Crippen LogP contribution in [0.15, 0.2) is 24.3 Å². The van der Waals surface area contributed by atoms with E-state index in [2.05, 4.69) is 6.58 Å². The van der Waals surface area contributed by atoms with Gasteiger partial charge in [-0.3, -0.25) is 0 Å². The molecule has 2 nitrogen and oxygen atoms in total. The van der Waals surface area contributed by atoms with Gasteiger partial charge in [0.05, 0.1) is 6.61 Å². The molecule has 12 heavy (non-hydrogen) atoms. The third-order valence-electron chi connectivity index (χ3n) is 1.57. The third-order valence-corrected chi connectivity index (χ3v) is 1.57. The van der Waals surface area contributed by atoms with E-state index in [1.165, 1.54) is 0 Å². The highest BCUT2D eigenvalue weighted by Crippen LogP contribution is 2.11. The zero-order valence-corrected chi connectivity index (χ0v) is 7.96. The normalized spacial score (nSPS) is 12.9. The van der Waals surface area contributed by atoms with E-state index in [1.807, 2.05) is 26.0 Å². The van der Waals surface area contributed by atoms with Crippen molar-refractivity contribution in [1.82, 2.24) is 0 Å². The average Bonchev–Trinajstić information content (AvgIpc) is 2.04. The molecule has 0 heterocycles. The Morgan fingerprint density at radius 3 is 2.67 bits per heavy atom. The van der Waals surface area contributed by atoms with E-state index in [9.17, 15) is 4.79 Å². The minimum absolute atomic E-state index is 0.0639. The molecule has 68 valence electrons. The molecule has 0 aromatic heterocycles. The van der Waals surface area contributed by atoms with Crippen molar-refractivity contribution in [1.29, 1.82) is 0 Å². The van der Waals surface area contributed by atoms with Crippen LogP contribution < -0.4 is 0 Å². The highest BCUT2D eigenvalue weighted by Gasteiger charge is 2.12. The summed E-state index contributed by atoms with van der Waals surface area (Å²) in [7, 11) is 0. The number of ether oxygens (including phenoxy) is 1. The van der Waals surface area contributed by atoms with E-state index in [-0.39, 0.29) is 11.9 Å². The summed E-state index contributed by atoms with van der Waals surface area (Å²) < 4.78 is 4.80. The molecule has 1 unspecified atom stereocenters. The van der Waals surface area contributed by atoms with Crippen molar-refractivity contribution in [3.05, 3.63) is 24.3 Å². The lowest BCUT2D eigenvalue weighted by Crippen LogP contribution is -2.11. The molecule has 0 N–H and O–H groups in total. The summed E-state index contributed by atoms with van der Waals surface area (Å²) in [6, 6.07) is 0. The third kappa shape index (κ3) is 3.37. The maximum absolute atomic E-state index is 11.1. The first kappa shape index (κ1) is 11.0. The first-order valence-corrected chi connectivity index (χ1v) is 4.12. The Labute approximate surface area is 73.9 Å². The smallest absolute Gasteiger partial charge is 0.333 e. The van der Waals surface area contributed by atoms with Gasteiger partial charge >= 0.3 is 5.97 Å². The molecule has 0 amide bonds. The fraction of sp³-hybridized carbons (Fsp3) is 0.500. The van der Waals surface area contributed by atoms with Crippen LogP contribution in [-0.4, -0.2) is 12.6 Å². The van der Waals surface area contributed by atoms with E-state index in [0.717, 1.165) is 0 Å². The number of carbonyl (C=O) groups excluding carboxylic acids is 1. The molecular formula is C10H16O2. The SMILES string of the molecule is C=C(C(=O)OCC)C(C)/C=C/C. The number of hydrogen-bond donors (Lipinski definition) is 0. The van der Waals surface area contributed by atoms with Gasteiger partial charge < -0.3 is 4.74 Å². The first-order chi connectivity index (χ1) is 5.63. The van der Waals surface area contributed by atoms with Crippen LogP contribution in [0.3, 0.4) is 0 Å². The van der Waals surface area contributed by atoms with Crippen molar-refractivity contribution in [2.75, 3.05) is 6.61 Å². The molecular weight excluding hydrogens is 152 g/mol. The zero-order valence-electron chi connectivity index (χ0n) is 7.96. The van der Waals surface area contributed by atoms with Gasteiger partial charge in [0, 0.05) is 11.5 Å². The minimum Gasteiger partial charge on any atom is -0.463 e. The fourth-order valence-corrected chi connectivity index (χ4v) is 0.815. The Hall–Kier alpha value is -1.05. The van der Waals surface area contributed by atoms with Crippen molar-refractivity contribution < 1.29 is 9.53 Å². The molecule has 0 bridgehead atoms.